The summed E-state index contributed by atoms with van der Waals surface area (Å²) in [6.07, 6.45) is 3.26. The monoisotopic (exact) mass is 476 g/mol. The van der Waals surface area contributed by atoms with Crippen LogP contribution < -0.4 is 0 Å². The summed E-state index contributed by atoms with van der Waals surface area (Å²) in [5, 5.41) is 0. The van der Waals surface area contributed by atoms with Crippen LogP contribution in [-0.2, 0) is 14.8 Å². The summed E-state index contributed by atoms with van der Waals surface area (Å²) < 4.78 is 26.5. The molecule has 0 bridgehead atoms. The Balaban J connectivity index is 1.40. The van der Waals surface area contributed by atoms with Crippen LogP contribution in [0.5, 0.6) is 0 Å². The second kappa shape index (κ2) is 9.06. The van der Waals surface area contributed by atoms with Crippen LogP contribution in [0.25, 0.3) is 0 Å². The van der Waals surface area contributed by atoms with Crippen molar-refractivity contribution in [2.75, 3.05) is 39.3 Å². The van der Waals surface area contributed by atoms with Gasteiger partial charge in [-0.15, -0.1) is 0 Å². The Hall–Kier alpha value is -2.46. The average molecular weight is 477 g/mol. The lowest BCUT2D eigenvalue weighted by Gasteiger charge is -2.38. The van der Waals surface area contributed by atoms with Crippen LogP contribution in [0.1, 0.15) is 60.7 Å². The Labute approximate surface area is 195 Å². The van der Waals surface area contributed by atoms with Gasteiger partial charge in [0, 0.05) is 50.4 Å². The van der Waals surface area contributed by atoms with E-state index in [1.165, 1.54) is 24.6 Å². The second-order valence-corrected chi connectivity index (χ2v) is 11.2. The molecule has 33 heavy (non-hydrogen) atoms. The Bertz CT molecular complexity index is 1060. The zero-order chi connectivity index (χ0) is 23.9. The quantitative estimate of drug-likeness (QED) is 0.652. The van der Waals surface area contributed by atoms with Crippen molar-refractivity contribution in [2.45, 2.75) is 57.0 Å². The van der Waals surface area contributed by atoms with Gasteiger partial charge in [0.2, 0.25) is 5.91 Å². The first-order valence-corrected chi connectivity index (χ1v) is 13.1. The number of fused-ring (bicyclic) bond motifs is 1. The average Bonchev–Trinajstić information content (AvgIpc) is 2.98. The van der Waals surface area contributed by atoms with Crippen molar-refractivity contribution in [2.24, 2.45) is 0 Å². The molecule has 1 aromatic carbocycles. The molecule has 0 spiro atoms. The van der Waals surface area contributed by atoms with E-state index in [1.54, 1.807) is 18.7 Å². The number of amides is 3. The molecule has 3 heterocycles. The van der Waals surface area contributed by atoms with E-state index >= 15 is 0 Å². The van der Waals surface area contributed by atoms with Crippen LogP contribution in [0.3, 0.4) is 0 Å². The van der Waals surface area contributed by atoms with Crippen molar-refractivity contribution in [3.05, 3.63) is 29.3 Å². The minimum Gasteiger partial charge on any atom is -0.339 e. The molecule has 3 aliphatic rings. The molecule has 3 amide bonds. The number of benzene rings is 1. The van der Waals surface area contributed by atoms with Gasteiger partial charge in [0.25, 0.3) is 21.8 Å². The maximum Gasteiger partial charge on any atom is 0.269 e. The van der Waals surface area contributed by atoms with Gasteiger partial charge < -0.3 is 9.80 Å². The van der Waals surface area contributed by atoms with Crippen molar-refractivity contribution in [3.63, 3.8) is 0 Å². The lowest BCUT2D eigenvalue weighted by molar-refractivity contribution is -0.136. The van der Waals surface area contributed by atoms with Crippen LogP contribution in [0.4, 0.5) is 0 Å². The number of nitrogens with zero attached hydrogens (tertiary/aromatic N) is 4. The fourth-order valence-electron chi connectivity index (χ4n) is 4.93. The Kier molecular flexibility index (Phi) is 6.50. The predicted molar refractivity (Wildman–Crippen MR) is 122 cm³/mol. The maximum atomic E-state index is 13.1. The number of piperidine rings is 1. The minimum absolute atomic E-state index is 0.105. The summed E-state index contributed by atoms with van der Waals surface area (Å²) in [7, 11) is -3.96. The van der Waals surface area contributed by atoms with Gasteiger partial charge in [-0.25, -0.2) is 12.7 Å². The summed E-state index contributed by atoms with van der Waals surface area (Å²) in [4.78, 5) is 43.9. The summed E-state index contributed by atoms with van der Waals surface area (Å²) >= 11 is 0. The molecule has 0 aromatic heterocycles. The SMILES string of the molecule is CC(C)N1C(=O)c2ccc(C(=O)N3CCN(CC(=O)N4CCCC[C@H]4C)CC3)cc2S1(=O)=O. The Morgan fingerprint density at radius 1 is 1.06 bits per heavy atom. The highest BCUT2D eigenvalue weighted by Crippen LogP contribution is 2.33. The van der Waals surface area contributed by atoms with E-state index in [2.05, 4.69) is 11.8 Å². The molecule has 10 heteroatoms. The largest absolute Gasteiger partial charge is 0.339 e. The molecule has 0 radical (unpaired) electrons. The first-order valence-electron chi connectivity index (χ1n) is 11.6. The Morgan fingerprint density at radius 2 is 1.76 bits per heavy atom. The van der Waals surface area contributed by atoms with Crippen LogP contribution in [-0.4, -0.2) is 96.5 Å². The van der Waals surface area contributed by atoms with E-state index < -0.39 is 22.0 Å². The summed E-state index contributed by atoms with van der Waals surface area (Å²) in [5.41, 5.74) is 0.359. The Morgan fingerprint density at radius 3 is 2.39 bits per heavy atom. The lowest BCUT2D eigenvalue weighted by Crippen LogP contribution is -2.53. The van der Waals surface area contributed by atoms with E-state index in [9.17, 15) is 22.8 Å². The molecule has 0 aliphatic carbocycles. The highest BCUT2D eigenvalue weighted by molar-refractivity contribution is 7.90. The topological polar surface area (TPSA) is 98.3 Å². The second-order valence-electron chi connectivity index (χ2n) is 9.41. The molecule has 3 aliphatic heterocycles. The first kappa shape index (κ1) is 23.7. The van der Waals surface area contributed by atoms with Gasteiger partial charge >= 0.3 is 0 Å². The molecule has 0 N–H and O–H groups in total. The predicted octanol–water partition coefficient (Wildman–Crippen LogP) is 1.40. The molecule has 0 saturated carbocycles. The molecule has 180 valence electrons. The zero-order valence-corrected chi connectivity index (χ0v) is 20.3. The standard InChI is InChI=1S/C23H32N4O5S/c1-16(2)27-23(30)19-8-7-18(14-20(19)33(27,31)32)22(29)25-12-10-24(11-13-25)15-21(28)26-9-5-4-6-17(26)3/h7-8,14,16-17H,4-6,9-13,15H2,1-3H3/t17-/m1/s1. The van der Waals surface area contributed by atoms with Gasteiger partial charge in [-0.05, 0) is 58.2 Å². The number of rotatable bonds is 4. The number of carbonyl (C=O) groups excluding carboxylic acids is 3. The van der Waals surface area contributed by atoms with Gasteiger partial charge in [-0.2, -0.15) is 0 Å². The van der Waals surface area contributed by atoms with E-state index in [4.69, 9.17) is 0 Å². The summed E-state index contributed by atoms with van der Waals surface area (Å²) in [5.74, 6) is -0.676. The van der Waals surface area contributed by atoms with Crippen molar-refractivity contribution in [3.8, 4) is 0 Å². The van der Waals surface area contributed by atoms with Gasteiger partial charge in [-0.1, -0.05) is 0 Å². The number of piperazine rings is 1. The molecular formula is C23H32N4O5S. The number of likely N-dealkylation sites (tertiary alicyclic amines) is 1. The normalized spacial score (nSPS) is 23.2. The highest BCUT2D eigenvalue weighted by Gasteiger charge is 2.43. The van der Waals surface area contributed by atoms with Gasteiger partial charge in [0.05, 0.1) is 12.1 Å². The number of sulfonamides is 1. The number of hydrogen-bond donors (Lipinski definition) is 0. The molecule has 4 rings (SSSR count). The summed E-state index contributed by atoms with van der Waals surface area (Å²) in [6.45, 7) is 8.65. The van der Waals surface area contributed by atoms with E-state index in [0.717, 1.165) is 23.7 Å². The van der Waals surface area contributed by atoms with E-state index in [-0.39, 0.29) is 33.9 Å². The fourth-order valence-corrected chi connectivity index (χ4v) is 6.73. The zero-order valence-electron chi connectivity index (χ0n) is 19.5. The molecule has 9 nitrogen and oxygen atoms in total. The minimum atomic E-state index is -3.96. The molecule has 2 fully saturated rings. The van der Waals surface area contributed by atoms with Crippen LogP contribution >= 0.6 is 0 Å². The third-order valence-electron chi connectivity index (χ3n) is 6.81. The van der Waals surface area contributed by atoms with Crippen LogP contribution in [0.15, 0.2) is 23.1 Å². The lowest BCUT2D eigenvalue weighted by atomic mass is 10.0. The third-order valence-corrected chi connectivity index (χ3v) is 8.81. The van der Waals surface area contributed by atoms with Crippen molar-refractivity contribution in [1.29, 1.82) is 0 Å². The van der Waals surface area contributed by atoms with E-state index in [0.29, 0.717) is 32.7 Å². The molecule has 1 aromatic rings. The molecular weight excluding hydrogens is 444 g/mol. The first-order chi connectivity index (χ1) is 15.6. The highest BCUT2D eigenvalue weighted by atomic mass is 32.2. The smallest absolute Gasteiger partial charge is 0.269 e. The van der Waals surface area contributed by atoms with Gasteiger partial charge in [0.15, 0.2) is 0 Å². The third kappa shape index (κ3) is 4.38. The number of hydrogen-bond acceptors (Lipinski definition) is 6. The number of carbonyl (C=O) groups is 3. The van der Waals surface area contributed by atoms with Crippen LogP contribution in [0, 0.1) is 0 Å². The molecule has 1 atom stereocenters. The van der Waals surface area contributed by atoms with Gasteiger partial charge in [0.1, 0.15) is 4.90 Å². The van der Waals surface area contributed by atoms with Gasteiger partial charge in [-0.3, -0.25) is 19.3 Å². The van der Waals surface area contributed by atoms with Crippen molar-refractivity contribution < 1.29 is 22.8 Å². The maximum absolute atomic E-state index is 13.1. The summed E-state index contributed by atoms with van der Waals surface area (Å²) in [6, 6.07) is 4.05. The van der Waals surface area contributed by atoms with Crippen molar-refractivity contribution >= 4 is 27.7 Å². The van der Waals surface area contributed by atoms with E-state index in [1.807, 2.05) is 4.90 Å². The molecule has 0 unspecified atom stereocenters. The fraction of sp³-hybridized carbons (Fsp3) is 0.609. The molecule has 2 saturated heterocycles. The van der Waals surface area contributed by atoms with Crippen LogP contribution in [0.2, 0.25) is 0 Å². The van der Waals surface area contributed by atoms with Crippen molar-refractivity contribution in [1.82, 2.24) is 19.0 Å².